The summed E-state index contributed by atoms with van der Waals surface area (Å²) >= 11 is 0. The van der Waals surface area contributed by atoms with Gasteiger partial charge in [-0.1, -0.05) is 117 Å². The van der Waals surface area contributed by atoms with Gasteiger partial charge in [-0.05, 0) is 12.3 Å². The van der Waals surface area contributed by atoms with Crippen LogP contribution in [0.15, 0.2) is 0 Å². The van der Waals surface area contributed by atoms with Gasteiger partial charge in [0, 0.05) is 0 Å². The van der Waals surface area contributed by atoms with E-state index in [0.29, 0.717) is 0 Å². The maximum Gasteiger partial charge on any atom is 0.167 e. The van der Waals surface area contributed by atoms with Crippen LogP contribution in [0.2, 0.25) is 0 Å². The molecule has 0 heterocycles. The fraction of sp³-hybridized carbons (Fsp3) is 1.00. The quantitative estimate of drug-likeness (QED) is 0.199. The van der Waals surface area contributed by atoms with Gasteiger partial charge in [-0.15, -0.1) is 0 Å². The lowest BCUT2D eigenvalue weighted by molar-refractivity contribution is -0.0699. The normalized spacial score (nSPS) is 14.2. The van der Waals surface area contributed by atoms with Gasteiger partial charge >= 0.3 is 0 Å². The van der Waals surface area contributed by atoms with E-state index >= 15 is 0 Å². The molecule has 0 spiro atoms. The van der Waals surface area contributed by atoms with Gasteiger partial charge in [0.15, 0.2) is 6.29 Å². The van der Waals surface area contributed by atoms with Crippen LogP contribution in [0.5, 0.6) is 0 Å². The summed E-state index contributed by atoms with van der Waals surface area (Å²) in [5.41, 5.74) is 5.73. The molecule has 3 nitrogen and oxygen atoms in total. The summed E-state index contributed by atoms with van der Waals surface area (Å²) in [7, 11) is 0. The molecule has 3 heteroatoms. The van der Waals surface area contributed by atoms with E-state index < -0.39 is 12.3 Å². The molecule has 0 aliphatic heterocycles. The van der Waals surface area contributed by atoms with Gasteiger partial charge in [0.2, 0.25) is 0 Å². The van der Waals surface area contributed by atoms with E-state index in [1.807, 2.05) is 6.92 Å². The van der Waals surface area contributed by atoms with Crippen molar-refractivity contribution < 1.29 is 10.2 Å². The molecule has 0 saturated carbocycles. The minimum atomic E-state index is -1.38. The molecule has 0 aromatic heterocycles. The number of hydrogen-bond donors (Lipinski definition) is 3. The smallest absolute Gasteiger partial charge is 0.167 e. The number of aliphatic hydroxyl groups excluding tert-OH is 1. The van der Waals surface area contributed by atoms with E-state index in [4.69, 9.17) is 15.9 Å². The molecule has 2 unspecified atom stereocenters. The fourth-order valence-electron chi connectivity index (χ4n) is 3.50. The van der Waals surface area contributed by atoms with Crippen molar-refractivity contribution in [2.24, 2.45) is 11.7 Å². The van der Waals surface area contributed by atoms with Crippen LogP contribution in [0.1, 0.15) is 123 Å². The standard InChI is InChI=1S/C22H47NO2/c1-3-4-5-6-7-8-9-10-11-12-13-14-15-16-17-18-19-20(2)21(23)22(24)25/h20-22,24-25H,3-19,23H2,1-2H3. The number of nitrogens with two attached hydrogens (primary N) is 1. The van der Waals surface area contributed by atoms with E-state index in [1.54, 1.807) is 0 Å². The largest absolute Gasteiger partial charge is 0.367 e. The molecule has 0 fully saturated rings. The molecule has 0 bridgehead atoms. The van der Waals surface area contributed by atoms with Crippen LogP contribution in [-0.4, -0.2) is 22.5 Å². The van der Waals surface area contributed by atoms with Gasteiger partial charge in [-0.2, -0.15) is 0 Å². The van der Waals surface area contributed by atoms with Gasteiger partial charge in [-0.3, -0.25) is 0 Å². The van der Waals surface area contributed by atoms with Gasteiger partial charge in [0.25, 0.3) is 0 Å². The van der Waals surface area contributed by atoms with Gasteiger partial charge in [0.1, 0.15) is 0 Å². The third-order valence-electron chi connectivity index (χ3n) is 5.51. The highest BCUT2D eigenvalue weighted by Gasteiger charge is 2.18. The summed E-state index contributed by atoms with van der Waals surface area (Å²) in [4.78, 5) is 0. The van der Waals surface area contributed by atoms with Crippen molar-refractivity contribution in [3.63, 3.8) is 0 Å². The van der Waals surface area contributed by atoms with E-state index in [1.165, 1.54) is 96.3 Å². The average Bonchev–Trinajstić information content (AvgIpc) is 2.60. The van der Waals surface area contributed by atoms with Crippen LogP contribution in [0.25, 0.3) is 0 Å². The summed E-state index contributed by atoms with van der Waals surface area (Å²) in [6.07, 6.45) is 21.7. The molecule has 0 rings (SSSR count). The molecule has 152 valence electrons. The number of aliphatic hydroxyl groups is 2. The first-order chi connectivity index (χ1) is 12.1. The van der Waals surface area contributed by atoms with E-state index in [0.717, 1.165) is 12.8 Å². The first kappa shape index (κ1) is 24.9. The highest BCUT2D eigenvalue weighted by atomic mass is 16.5. The average molecular weight is 358 g/mol. The monoisotopic (exact) mass is 357 g/mol. The van der Waals surface area contributed by atoms with Crippen LogP contribution in [0.3, 0.4) is 0 Å². The summed E-state index contributed by atoms with van der Waals surface area (Å²) in [6.45, 7) is 4.29. The zero-order valence-corrected chi connectivity index (χ0v) is 17.2. The molecule has 0 aliphatic rings. The second-order valence-corrected chi connectivity index (χ2v) is 8.06. The summed E-state index contributed by atoms with van der Waals surface area (Å²) < 4.78 is 0. The number of hydrogen-bond acceptors (Lipinski definition) is 3. The first-order valence-corrected chi connectivity index (χ1v) is 11.2. The SMILES string of the molecule is CCCCCCCCCCCCCCCCCCC(C)C(N)C(O)O. The maximum atomic E-state index is 9.06. The van der Waals surface area contributed by atoms with Crippen molar-refractivity contribution in [2.45, 2.75) is 135 Å². The fourth-order valence-corrected chi connectivity index (χ4v) is 3.50. The van der Waals surface area contributed by atoms with Crippen molar-refractivity contribution in [2.75, 3.05) is 0 Å². The van der Waals surface area contributed by atoms with E-state index in [9.17, 15) is 0 Å². The second kappa shape index (κ2) is 18.7. The van der Waals surface area contributed by atoms with E-state index in [2.05, 4.69) is 6.92 Å². The molecule has 25 heavy (non-hydrogen) atoms. The lowest BCUT2D eigenvalue weighted by Crippen LogP contribution is -2.40. The highest BCUT2D eigenvalue weighted by Crippen LogP contribution is 2.16. The molecule has 0 saturated heterocycles. The van der Waals surface area contributed by atoms with E-state index in [-0.39, 0.29) is 5.92 Å². The van der Waals surface area contributed by atoms with Crippen molar-refractivity contribution in [3.8, 4) is 0 Å². The molecule has 0 aromatic carbocycles. The maximum absolute atomic E-state index is 9.06. The van der Waals surface area contributed by atoms with Crippen molar-refractivity contribution in [3.05, 3.63) is 0 Å². The minimum Gasteiger partial charge on any atom is -0.367 e. The summed E-state index contributed by atoms with van der Waals surface area (Å²) in [5, 5.41) is 18.1. The predicted molar refractivity (Wildman–Crippen MR) is 110 cm³/mol. The van der Waals surface area contributed by atoms with Crippen LogP contribution in [0, 0.1) is 5.92 Å². The molecule has 0 aromatic rings. The topological polar surface area (TPSA) is 66.5 Å². The Bertz CT molecular complexity index is 258. The predicted octanol–water partition coefficient (Wildman–Crippen LogP) is 5.91. The van der Waals surface area contributed by atoms with Crippen molar-refractivity contribution in [1.82, 2.24) is 0 Å². The van der Waals surface area contributed by atoms with Crippen molar-refractivity contribution in [1.29, 1.82) is 0 Å². The second-order valence-electron chi connectivity index (χ2n) is 8.06. The Morgan fingerprint density at radius 3 is 1.24 bits per heavy atom. The summed E-state index contributed by atoms with van der Waals surface area (Å²) in [6, 6.07) is -0.503. The zero-order valence-electron chi connectivity index (χ0n) is 17.2. The lowest BCUT2D eigenvalue weighted by Gasteiger charge is -2.21. The number of unbranched alkanes of at least 4 members (excludes halogenated alkanes) is 15. The molecule has 2 atom stereocenters. The third-order valence-corrected chi connectivity index (χ3v) is 5.51. The van der Waals surface area contributed by atoms with Gasteiger partial charge in [0.05, 0.1) is 6.04 Å². The lowest BCUT2D eigenvalue weighted by atomic mass is 9.95. The van der Waals surface area contributed by atoms with Gasteiger partial charge < -0.3 is 15.9 Å². The first-order valence-electron chi connectivity index (χ1n) is 11.2. The Morgan fingerprint density at radius 1 is 0.600 bits per heavy atom. The van der Waals surface area contributed by atoms with Crippen LogP contribution >= 0.6 is 0 Å². The van der Waals surface area contributed by atoms with Gasteiger partial charge in [-0.25, -0.2) is 0 Å². The number of rotatable bonds is 19. The summed E-state index contributed by atoms with van der Waals surface area (Å²) in [5.74, 6) is 0.187. The molecular weight excluding hydrogens is 310 g/mol. The molecule has 0 aliphatic carbocycles. The molecular formula is C22H47NO2. The Kier molecular flexibility index (Phi) is 18.6. The van der Waals surface area contributed by atoms with Crippen LogP contribution < -0.4 is 5.73 Å². The Balaban J connectivity index is 3.14. The van der Waals surface area contributed by atoms with Crippen molar-refractivity contribution >= 4 is 0 Å². The minimum absolute atomic E-state index is 0.187. The Morgan fingerprint density at radius 2 is 0.920 bits per heavy atom. The third kappa shape index (κ3) is 17.1. The zero-order chi connectivity index (χ0) is 18.8. The van der Waals surface area contributed by atoms with Crippen LogP contribution in [0.4, 0.5) is 0 Å². The van der Waals surface area contributed by atoms with Crippen LogP contribution in [-0.2, 0) is 0 Å². The molecule has 4 N–H and O–H groups in total. The Hall–Kier alpha value is -0.120. The highest BCUT2D eigenvalue weighted by molar-refractivity contribution is 4.70. The molecule has 0 radical (unpaired) electrons. The Labute approximate surface area is 157 Å². The molecule has 0 amide bonds.